The number of hydrogen-bond acceptors (Lipinski definition) is 1. The topological polar surface area (TPSA) is 29.1 Å². The normalized spacial score (nSPS) is 12.2. The molecule has 1 rings (SSSR count). The molecule has 0 aromatic heterocycles. The van der Waals surface area contributed by atoms with Gasteiger partial charge in [-0.15, -0.1) is 0 Å². The Kier molecular flexibility index (Phi) is 7.06. The first kappa shape index (κ1) is 16.2. The maximum atomic E-state index is 13.0. The van der Waals surface area contributed by atoms with Crippen LogP contribution in [0.4, 0.5) is 4.39 Å². The molecule has 0 spiro atoms. The molecule has 4 heteroatoms. The van der Waals surface area contributed by atoms with E-state index in [9.17, 15) is 9.18 Å². The molecule has 0 saturated heterocycles. The van der Waals surface area contributed by atoms with Crippen LogP contribution in [-0.4, -0.2) is 11.9 Å². The number of hydrogen-bond donors (Lipinski definition) is 1. The summed E-state index contributed by atoms with van der Waals surface area (Å²) in [6.45, 7) is 4.18. The third kappa shape index (κ3) is 5.72. The van der Waals surface area contributed by atoms with Gasteiger partial charge in [0.2, 0.25) is 0 Å². The number of nitrogens with one attached hydrogen (secondary N) is 1. The van der Waals surface area contributed by atoms with Gasteiger partial charge in [-0.05, 0) is 47.5 Å². The lowest BCUT2D eigenvalue weighted by atomic mass is 10.1. The summed E-state index contributed by atoms with van der Waals surface area (Å²) in [4.78, 5) is 12.0. The molecule has 0 bridgehead atoms. The minimum atomic E-state index is -0.351. The summed E-state index contributed by atoms with van der Waals surface area (Å²) in [5.74, 6) is -0.508. The molecule has 0 fully saturated rings. The van der Waals surface area contributed by atoms with E-state index in [1.807, 2.05) is 6.92 Å². The SMILES string of the molecule is CCCCCCC(C)NC(=O)c1ccc(F)cc1Br. The predicted molar refractivity (Wildman–Crippen MR) is 79.8 cm³/mol. The fourth-order valence-corrected chi connectivity index (χ4v) is 2.46. The molecular formula is C15H21BrFNO. The van der Waals surface area contributed by atoms with Crippen molar-refractivity contribution in [1.82, 2.24) is 5.32 Å². The second-order valence-electron chi connectivity index (χ2n) is 4.85. The van der Waals surface area contributed by atoms with Gasteiger partial charge >= 0.3 is 0 Å². The van der Waals surface area contributed by atoms with Crippen LogP contribution in [0.3, 0.4) is 0 Å². The lowest BCUT2D eigenvalue weighted by molar-refractivity contribution is 0.0937. The first-order valence-corrected chi connectivity index (χ1v) is 7.59. The van der Waals surface area contributed by atoms with E-state index in [4.69, 9.17) is 0 Å². The van der Waals surface area contributed by atoms with E-state index < -0.39 is 0 Å². The maximum Gasteiger partial charge on any atom is 0.252 e. The lowest BCUT2D eigenvalue weighted by Crippen LogP contribution is -2.32. The highest BCUT2D eigenvalue weighted by Crippen LogP contribution is 2.18. The molecule has 0 saturated carbocycles. The van der Waals surface area contributed by atoms with Crippen molar-refractivity contribution in [2.45, 2.75) is 52.0 Å². The zero-order chi connectivity index (χ0) is 14.3. The molecule has 1 atom stereocenters. The standard InChI is InChI=1S/C15H21BrFNO/c1-3-4-5-6-7-11(2)18-15(19)13-9-8-12(17)10-14(13)16/h8-11H,3-7H2,1-2H3,(H,18,19). The Bertz CT molecular complexity index is 423. The van der Waals surface area contributed by atoms with Crippen molar-refractivity contribution in [3.8, 4) is 0 Å². The van der Waals surface area contributed by atoms with Crippen LogP contribution in [0.1, 0.15) is 56.3 Å². The number of benzene rings is 1. The number of rotatable bonds is 7. The Morgan fingerprint density at radius 2 is 2.11 bits per heavy atom. The molecule has 1 aromatic carbocycles. The van der Waals surface area contributed by atoms with Gasteiger partial charge in [0.15, 0.2) is 0 Å². The van der Waals surface area contributed by atoms with Gasteiger partial charge in [-0.1, -0.05) is 32.6 Å². The van der Waals surface area contributed by atoms with Crippen LogP contribution < -0.4 is 5.32 Å². The summed E-state index contributed by atoms with van der Waals surface area (Å²) >= 11 is 3.21. The van der Waals surface area contributed by atoms with Crippen molar-refractivity contribution in [3.63, 3.8) is 0 Å². The van der Waals surface area contributed by atoms with E-state index in [2.05, 4.69) is 28.2 Å². The molecule has 2 nitrogen and oxygen atoms in total. The molecule has 0 aliphatic rings. The Labute approximate surface area is 122 Å². The summed E-state index contributed by atoms with van der Waals surface area (Å²) in [5, 5.41) is 2.94. The molecule has 1 aromatic rings. The summed E-state index contributed by atoms with van der Waals surface area (Å²) in [6, 6.07) is 4.24. The zero-order valence-electron chi connectivity index (χ0n) is 11.5. The van der Waals surface area contributed by atoms with Gasteiger partial charge in [-0.25, -0.2) is 4.39 Å². The largest absolute Gasteiger partial charge is 0.350 e. The molecule has 0 heterocycles. The van der Waals surface area contributed by atoms with E-state index in [1.165, 1.54) is 37.5 Å². The monoisotopic (exact) mass is 329 g/mol. The zero-order valence-corrected chi connectivity index (χ0v) is 13.1. The fourth-order valence-electron chi connectivity index (χ4n) is 1.92. The maximum absolute atomic E-state index is 13.0. The number of halogens is 2. The molecule has 0 aliphatic carbocycles. The van der Waals surface area contributed by atoms with Crippen LogP contribution in [0.2, 0.25) is 0 Å². The van der Waals surface area contributed by atoms with Crippen LogP contribution in [0, 0.1) is 5.82 Å². The smallest absolute Gasteiger partial charge is 0.252 e. The van der Waals surface area contributed by atoms with Crippen molar-refractivity contribution < 1.29 is 9.18 Å². The first-order valence-electron chi connectivity index (χ1n) is 6.80. The second kappa shape index (κ2) is 8.31. The summed E-state index contributed by atoms with van der Waals surface area (Å²) in [7, 11) is 0. The van der Waals surface area contributed by atoms with Gasteiger partial charge in [0, 0.05) is 10.5 Å². The molecule has 1 N–H and O–H groups in total. The number of carbonyl (C=O) groups is 1. The summed E-state index contributed by atoms with van der Waals surface area (Å²) < 4.78 is 13.4. The molecule has 106 valence electrons. The molecular weight excluding hydrogens is 309 g/mol. The molecule has 1 unspecified atom stereocenters. The van der Waals surface area contributed by atoms with E-state index in [0.29, 0.717) is 10.0 Å². The third-order valence-corrected chi connectivity index (χ3v) is 3.70. The average molecular weight is 330 g/mol. The average Bonchev–Trinajstić information content (AvgIpc) is 2.34. The van der Waals surface area contributed by atoms with Crippen molar-refractivity contribution in [3.05, 3.63) is 34.1 Å². The molecule has 1 amide bonds. The lowest BCUT2D eigenvalue weighted by Gasteiger charge is -2.14. The van der Waals surface area contributed by atoms with Gasteiger partial charge < -0.3 is 5.32 Å². The van der Waals surface area contributed by atoms with Gasteiger partial charge in [0.05, 0.1) is 5.56 Å². The van der Waals surface area contributed by atoms with E-state index in [0.717, 1.165) is 12.8 Å². The highest BCUT2D eigenvalue weighted by molar-refractivity contribution is 9.10. The van der Waals surface area contributed by atoms with E-state index >= 15 is 0 Å². The Balaban J connectivity index is 2.45. The second-order valence-corrected chi connectivity index (χ2v) is 5.70. The Hall–Kier alpha value is -0.900. The van der Waals surface area contributed by atoms with E-state index in [-0.39, 0.29) is 17.8 Å². The number of carbonyl (C=O) groups excluding carboxylic acids is 1. The highest BCUT2D eigenvalue weighted by Gasteiger charge is 2.13. The molecule has 0 radical (unpaired) electrons. The Morgan fingerprint density at radius 3 is 2.74 bits per heavy atom. The van der Waals surface area contributed by atoms with Crippen LogP contribution in [0.5, 0.6) is 0 Å². The van der Waals surface area contributed by atoms with Crippen LogP contribution in [-0.2, 0) is 0 Å². The number of unbranched alkanes of at least 4 members (excludes halogenated alkanes) is 3. The summed E-state index contributed by atoms with van der Waals surface area (Å²) in [5.41, 5.74) is 0.474. The van der Waals surface area contributed by atoms with Crippen LogP contribution in [0.25, 0.3) is 0 Å². The predicted octanol–water partition coefficient (Wildman–Crippen LogP) is 4.68. The van der Waals surface area contributed by atoms with E-state index in [1.54, 1.807) is 0 Å². The van der Waals surface area contributed by atoms with Crippen molar-refractivity contribution >= 4 is 21.8 Å². The number of amides is 1. The molecule has 0 aliphatic heterocycles. The van der Waals surface area contributed by atoms with Crippen LogP contribution in [0.15, 0.2) is 22.7 Å². The summed E-state index contributed by atoms with van der Waals surface area (Å²) in [6.07, 6.45) is 5.76. The van der Waals surface area contributed by atoms with Gasteiger partial charge in [-0.2, -0.15) is 0 Å². The first-order chi connectivity index (χ1) is 9.04. The minimum Gasteiger partial charge on any atom is -0.350 e. The van der Waals surface area contributed by atoms with Gasteiger partial charge in [0.1, 0.15) is 5.82 Å². The van der Waals surface area contributed by atoms with Crippen molar-refractivity contribution in [2.24, 2.45) is 0 Å². The quantitative estimate of drug-likeness (QED) is 0.723. The molecule has 19 heavy (non-hydrogen) atoms. The van der Waals surface area contributed by atoms with Crippen LogP contribution >= 0.6 is 15.9 Å². The third-order valence-electron chi connectivity index (χ3n) is 3.04. The van der Waals surface area contributed by atoms with Crippen molar-refractivity contribution in [1.29, 1.82) is 0 Å². The minimum absolute atomic E-state index is 0.140. The highest BCUT2D eigenvalue weighted by atomic mass is 79.9. The van der Waals surface area contributed by atoms with Gasteiger partial charge in [-0.3, -0.25) is 4.79 Å². The van der Waals surface area contributed by atoms with Crippen molar-refractivity contribution in [2.75, 3.05) is 0 Å². The fraction of sp³-hybridized carbons (Fsp3) is 0.533. The Morgan fingerprint density at radius 1 is 1.37 bits per heavy atom. The van der Waals surface area contributed by atoms with Gasteiger partial charge in [0.25, 0.3) is 5.91 Å².